The van der Waals surface area contributed by atoms with E-state index in [9.17, 15) is 14.3 Å². The fraction of sp³-hybridized carbons (Fsp3) is 0.548. The minimum absolute atomic E-state index is 0.248. The molecular formula is C31H38FN3O5. The van der Waals surface area contributed by atoms with E-state index in [-0.39, 0.29) is 11.4 Å². The maximum Gasteiger partial charge on any atom is 0.309 e. The number of aliphatic carboxylic acids is 1. The molecule has 6 rings (SSSR count). The van der Waals surface area contributed by atoms with Crippen molar-refractivity contribution < 1.29 is 28.6 Å². The Labute approximate surface area is 234 Å². The van der Waals surface area contributed by atoms with Gasteiger partial charge in [-0.05, 0) is 73.4 Å². The number of rotatable bonds is 9. The highest BCUT2D eigenvalue weighted by Gasteiger charge is 2.51. The first kappa shape index (κ1) is 27.0. The third kappa shape index (κ3) is 5.41. The zero-order chi connectivity index (χ0) is 27.9. The molecule has 2 saturated heterocycles. The Morgan fingerprint density at radius 3 is 2.52 bits per heavy atom. The molecule has 3 fully saturated rings. The Kier molecular flexibility index (Phi) is 7.21. The fourth-order valence-corrected chi connectivity index (χ4v) is 6.23. The molecule has 1 aliphatic carbocycles. The van der Waals surface area contributed by atoms with E-state index < -0.39 is 11.4 Å². The van der Waals surface area contributed by atoms with Gasteiger partial charge in [0.2, 0.25) is 0 Å². The van der Waals surface area contributed by atoms with Crippen molar-refractivity contribution in [2.24, 2.45) is 10.6 Å². The van der Waals surface area contributed by atoms with Crippen LogP contribution in [0.5, 0.6) is 5.75 Å². The van der Waals surface area contributed by atoms with Crippen LogP contribution < -0.4 is 4.74 Å². The Morgan fingerprint density at radius 1 is 1.15 bits per heavy atom. The van der Waals surface area contributed by atoms with Crippen LogP contribution in [0.3, 0.4) is 0 Å². The van der Waals surface area contributed by atoms with Gasteiger partial charge in [-0.1, -0.05) is 23.4 Å². The number of ether oxygens (including phenoxy) is 2. The van der Waals surface area contributed by atoms with Gasteiger partial charge >= 0.3 is 5.97 Å². The van der Waals surface area contributed by atoms with Crippen LogP contribution in [-0.4, -0.2) is 78.8 Å². The summed E-state index contributed by atoms with van der Waals surface area (Å²) in [6, 6.07) is 11.1. The number of amidine groups is 1. The van der Waals surface area contributed by atoms with Crippen molar-refractivity contribution in [3.05, 3.63) is 53.3 Å². The average molecular weight is 552 g/mol. The summed E-state index contributed by atoms with van der Waals surface area (Å²) >= 11 is 0. The van der Waals surface area contributed by atoms with E-state index in [4.69, 9.17) is 14.3 Å². The van der Waals surface area contributed by atoms with E-state index in [1.54, 1.807) is 7.11 Å². The molecule has 3 aliphatic heterocycles. The molecule has 3 heterocycles. The average Bonchev–Trinajstić information content (AvgIpc) is 3.68. The lowest BCUT2D eigenvalue weighted by atomic mass is 9.80. The topological polar surface area (TPSA) is 83.8 Å². The van der Waals surface area contributed by atoms with Gasteiger partial charge in [-0.2, -0.15) is 0 Å². The van der Waals surface area contributed by atoms with Crippen molar-refractivity contribution in [3.8, 4) is 16.9 Å². The second kappa shape index (κ2) is 10.7. The summed E-state index contributed by atoms with van der Waals surface area (Å²) in [5.74, 6) is 1.29. The first-order valence-corrected chi connectivity index (χ1v) is 14.3. The third-order valence-corrected chi connectivity index (χ3v) is 8.89. The Morgan fingerprint density at radius 2 is 1.88 bits per heavy atom. The van der Waals surface area contributed by atoms with Crippen LogP contribution >= 0.6 is 0 Å². The molecule has 1 N–H and O–H groups in total. The number of carboxylic acid groups (broad SMARTS) is 1. The van der Waals surface area contributed by atoms with Crippen LogP contribution in [0.15, 0.2) is 41.6 Å². The number of likely N-dealkylation sites (tertiary alicyclic amines) is 2. The molecule has 0 bridgehead atoms. The van der Waals surface area contributed by atoms with Gasteiger partial charge in [0, 0.05) is 45.4 Å². The molecule has 2 aromatic rings. The number of methoxy groups -OCH3 is 1. The van der Waals surface area contributed by atoms with Gasteiger partial charge in [-0.3, -0.25) is 9.69 Å². The highest BCUT2D eigenvalue weighted by Crippen LogP contribution is 2.48. The smallest absolute Gasteiger partial charge is 0.309 e. The van der Waals surface area contributed by atoms with Crippen molar-refractivity contribution in [1.82, 2.24) is 9.80 Å². The highest BCUT2D eigenvalue weighted by molar-refractivity contribution is 5.85. The number of benzene rings is 2. The number of carboxylic acids is 1. The molecule has 214 valence electrons. The summed E-state index contributed by atoms with van der Waals surface area (Å²) in [7, 11) is 1.66. The number of nitrogens with zero attached hydrogens (tertiary/aromatic N) is 3. The van der Waals surface area contributed by atoms with Gasteiger partial charge in [0.15, 0.2) is 5.60 Å². The van der Waals surface area contributed by atoms with Crippen LogP contribution in [0.25, 0.3) is 11.1 Å². The monoisotopic (exact) mass is 551 g/mol. The van der Waals surface area contributed by atoms with E-state index >= 15 is 0 Å². The molecule has 40 heavy (non-hydrogen) atoms. The van der Waals surface area contributed by atoms with Crippen LogP contribution in [-0.2, 0) is 20.9 Å². The normalized spacial score (nSPS) is 21.6. The summed E-state index contributed by atoms with van der Waals surface area (Å²) in [5.41, 5.74) is 3.54. The number of oxime groups is 1. The lowest BCUT2D eigenvalue weighted by Crippen LogP contribution is -2.61. The molecule has 8 nitrogen and oxygen atoms in total. The largest absolute Gasteiger partial charge is 0.491 e. The van der Waals surface area contributed by atoms with E-state index in [1.165, 1.54) is 23.3 Å². The summed E-state index contributed by atoms with van der Waals surface area (Å²) in [6.07, 6.45) is 4.30. The Balaban J connectivity index is 1.13. The molecule has 0 radical (unpaired) electrons. The number of piperidine rings is 1. The molecule has 0 unspecified atom stereocenters. The van der Waals surface area contributed by atoms with E-state index in [0.29, 0.717) is 45.1 Å². The second-order valence-electron chi connectivity index (χ2n) is 12.1. The SMILES string of the molecule is COCCOc1cc(CN2CC3(CC(N4CCC(C)(C(=O)O)CC4)=NO3)C2)cc(C2CC2)c1-c1ccc(F)cc1. The van der Waals surface area contributed by atoms with Crippen LogP contribution in [0.4, 0.5) is 4.39 Å². The molecule has 0 amide bonds. The number of carbonyl (C=O) groups is 1. The molecule has 1 spiro atoms. The predicted molar refractivity (Wildman–Crippen MR) is 149 cm³/mol. The van der Waals surface area contributed by atoms with Crippen molar-refractivity contribution >= 4 is 11.8 Å². The van der Waals surface area contributed by atoms with Crippen molar-refractivity contribution in [3.63, 3.8) is 0 Å². The van der Waals surface area contributed by atoms with Gasteiger partial charge < -0.3 is 24.3 Å². The fourth-order valence-electron chi connectivity index (χ4n) is 6.23. The molecule has 0 atom stereocenters. The maximum atomic E-state index is 13.7. The molecule has 2 aromatic carbocycles. The van der Waals surface area contributed by atoms with E-state index in [1.807, 2.05) is 19.1 Å². The first-order valence-electron chi connectivity index (χ1n) is 14.3. The molecule has 9 heteroatoms. The number of hydrogen-bond donors (Lipinski definition) is 1. The summed E-state index contributed by atoms with van der Waals surface area (Å²) in [5, 5.41) is 14.0. The standard InChI is InChI=1S/C31H38FN3O5/c1-30(29(36)37)9-11-35(12-10-30)27-17-31(40-33-27)19-34(20-31)18-21-15-25(22-3-4-22)28(23-5-7-24(32)8-6-23)26(16-21)39-14-13-38-2/h5-8,15-16,22H,3-4,9-14,17-20H2,1-2H3,(H,36,37). The van der Waals surface area contributed by atoms with Gasteiger partial charge in [0.25, 0.3) is 0 Å². The third-order valence-electron chi connectivity index (χ3n) is 8.89. The van der Waals surface area contributed by atoms with Crippen LogP contribution in [0, 0.1) is 11.2 Å². The molecular weight excluding hydrogens is 513 g/mol. The molecule has 0 aromatic heterocycles. The van der Waals surface area contributed by atoms with E-state index in [0.717, 1.165) is 61.6 Å². The zero-order valence-electron chi connectivity index (χ0n) is 23.3. The highest BCUT2D eigenvalue weighted by atomic mass is 19.1. The lowest BCUT2D eigenvalue weighted by Gasteiger charge is -2.45. The minimum atomic E-state index is -0.717. The molecule has 4 aliphatic rings. The van der Waals surface area contributed by atoms with Crippen molar-refractivity contribution in [2.45, 2.75) is 57.1 Å². The van der Waals surface area contributed by atoms with Crippen molar-refractivity contribution in [1.29, 1.82) is 0 Å². The summed E-state index contributed by atoms with van der Waals surface area (Å²) in [4.78, 5) is 22.1. The second-order valence-corrected chi connectivity index (χ2v) is 12.1. The van der Waals surface area contributed by atoms with Crippen molar-refractivity contribution in [2.75, 3.05) is 46.5 Å². The summed E-state index contributed by atoms with van der Waals surface area (Å²) in [6.45, 7) is 6.53. The minimum Gasteiger partial charge on any atom is -0.491 e. The van der Waals surface area contributed by atoms with E-state index in [2.05, 4.69) is 27.1 Å². The number of hydrogen-bond acceptors (Lipinski definition) is 7. The zero-order valence-corrected chi connectivity index (χ0v) is 23.3. The van der Waals surface area contributed by atoms with Gasteiger partial charge in [0.1, 0.15) is 24.0 Å². The number of halogens is 1. The summed E-state index contributed by atoms with van der Waals surface area (Å²) < 4.78 is 25.2. The molecule has 1 saturated carbocycles. The predicted octanol–water partition coefficient (Wildman–Crippen LogP) is 4.87. The van der Waals surface area contributed by atoms with Gasteiger partial charge in [0.05, 0.1) is 18.4 Å². The quantitative estimate of drug-likeness (QED) is 0.445. The Bertz CT molecular complexity index is 1280. The maximum absolute atomic E-state index is 13.7. The van der Waals surface area contributed by atoms with Gasteiger partial charge in [-0.15, -0.1) is 0 Å². The van der Waals surface area contributed by atoms with Crippen LogP contribution in [0.2, 0.25) is 0 Å². The lowest BCUT2D eigenvalue weighted by molar-refractivity contribution is -0.150. The Hall–Kier alpha value is -3.17. The van der Waals surface area contributed by atoms with Gasteiger partial charge in [-0.25, -0.2) is 4.39 Å². The first-order chi connectivity index (χ1) is 19.3. The van der Waals surface area contributed by atoms with Crippen LogP contribution in [0.1, 0.15) is 56.1 Å².